The molecular formula is C83H162O17P2. The Bertz CT molecular complexity index is 1960. The summed E-state index contributed by atoms with van der Waals surface area (Å²) in [5.41, 5.74) is 0. The number of aliphatic hydroxyl groups is 1. The Kier molecular flexibility index (Phi) is 73.1. The van der Waals surface area contributed by atoms with E-state index in [0.29, 0.717) is 25.7 Å². The average molecular weight is 1490 g/mol. The number of phosphoric acid groups is 2. The molecule has 606 valence electrons. The van der Waals surface area contributed by atoms with Gasteiger partial charge in [-0.1, -0.05) is 388 Å². The van der Waals surface area contributed by atoms with Gasteiger partial charge in [-0.05, 0) is 37.5 Å². The highest BCUT2D eigenvalue weighted by atomic mass is 31.2. The van der Waals surface area contributed by atoms with Gasteiger partial charge in [-0.15, -0.1) is 0 Å². The zero-order chi connectivity index (χ0) is 74.9. The van der Waals surface area contributed by atoms with Crippen molar-refractivity contribution in [2.45, 2.75) is 458 Å². The first-order valence-electron chi connectivity index (χ1n) is 43.0. The van der Waals surface area contributed by atoms with E-state index in [1.807, 2.05) is 0 Å². The lowest BCUT2D eigenvalue weighted by Gasteiger charge is -2.21. The van der Waals surface area contributed by atoms with Crippen molar-refractivity contribution in [1.82, 2.24) is 0 Å². The van der Waals surface area contributed by atoms with Crippen LogP contribution >= 0.6 is 15.6 Å². The monoisotopic (exact) mass is 1490 g/mol. The van der Waals surface area contributed by atoms with Crippen molar-refractivity contribution in [3.05, 3.63) is 0 Å². The highest BCUT2D eigenvalue weighted by Gasteiger charge is 2.30. The molecule has 0 saturated carbocycles. The van der Waals surface area contributed by atoms with E-state index in [4.69, 9.17) is 37.0 Å². The maximum absolute atomic E-state index is 13.1. The maximum atomic E-state index is 13.1. The van der Waals surface area contributed by atoms with Crippen LogP contribution in [0.1, 0.15) is 440 Å². The van der Waals surface area contributed by atoms with Crippen LogP contribution in [0.2, 0.25) is 0 Å². The molecule has 19 heteroatoms. The molecule has 17 nitrogen and oxygen atoms in total. The number of hydrogen-bond donors (Lipinski definition) is 3. The van der Waals surface area contributed by atoms with E-state index in [1.54, 1.807) is 0 Å². The third kappa shape index (κ3) is 76.3. The van der Waals surface area contributed by atoms with Gasteiger partial charge in [0.1, 0.15) is 19.3 Å². The summed E-state index contributed by atoms with van der Waals surface area (Å²) in [5, 5.41) is 10.7. The van der Waals surface area contributed by atoms with E-state index < -0.39 is 97.5 Å². The van der Waals surface area contributed by atoms with Gasteiger partial charge < -0.3 is 33.8 Å². The van der Waals surface area contributed by atoms with Gasteiger partial charge in [0, 0.05) is 25.7 Å². The van der Waals surface area contributed by atoms with Crippen LogP contribution in [0.5, 0.6) is 0 Å². The van der Waals surface area contributed by atoms with Crippen molar-refractivity contribution in [2.24, 2.45) is 11.8 Å². The van der Waals surface area contributed by atoms with E-state index in [-0.39, 0.29) is 25.7 Å². The summed E-state index contributed by atoms with van der Waals surface area (Å²) < 4.78 is 68.8. The molecule has 0 saturated heterocycles. The molecule has 0 aliphatic rings. The summed E-state index contributed by atoms with van der Waals surface area (Å²) in [6, 6.07) is 0. The zero-order valence-electron chi connectivity index (χ0n) is 66.9. The number of carbonyl (C=O) groups is 4. The largest absolute Gasteiger partial charge is 0.472 e. The van der Waals surface area contributed by atoms with E-state index in [9.17, 15) is 43.2 Å². The number of hydrogen-bond acceptors (Lipinski definition) is 15. The summed E-state index contributed by atoms with van der Waals surface area (Å²) in [6.45, 7) is 9.71. The number of rotatable bonds is 82. The SMILES string of the molecule is CCCCCCCCCCCCCCCCCC(=O)O[C@H](COC(=O)CCCCCCCCCCCCC)COP(=O)(O)OC[C@H](O)COP(=O)(O)OC[C@@H](COC(=O)CCCCCCCCCCCCCCCCC(C)C)OC(=O)CCCCCCCCCCCCCCCCCCC(C)C. The second kappa shape index (κ2) is 74.5. The van der Waals surface area contributed by atoms with Crippen LogP contribution in [-0.4, -0.2) is 96.7 Å². The topological polar surface area (TPSA) is 237 Å². The van der Waals surface area contributed by atoms with Gasteiger partial charge in [0.05, 0.1) is 26.4 Å². The van der Waals surface area contributed by atoms with Crippen LogP contribution in [0, 0.1) is 11.8 Å². The predicted octanol–water partition coefficient (Wildman–Crippen LogP) is 25.1. The Morgan fingerprint density at radius 2 is 0.451 bits per heavy atom. The normalized spacial score (nSPS) is 13.9. The minimum Gasteiger partial charge on any atom is -0.462 e. The quantitative estimate of drug-likeness (QED) is 0.0222. The summed E-state index contributed by atoms with van der Waals surface area (Å²) in [7, 11) is -9.92. The molecule has 0 aromatic carbocycles. The molecule has 0 spiro atoms. The lowest BCUT2D eigenvalue weighted by Crippen LogP contribution is -2.30. The second-order valence-corrected chi connectivity index (χ2v) is 33.7. The molecular weight excluding hydrogens is 1330 g/mol. The molecule has 0 amide bonds. The molecule has 0 bridgehead atoms. The molecule has 0 aliphatic carbocycles. The number of aliphatic hydroxyl groups excluding tert-OH is 1. The maximum Gasteiger partial charge on any atom is 0.472 e. The third-order valence-electron chi connectivity index (χ3n) is 19.5. The fraction of sp³-hybridized carbons (Fsp3) is 0.952. The summed E-state index contributed by atoms with van der Waals surface area (Å²) >= 11 is 0. The number of unbranched alkanes of at least 4 members (excludes halogenated alkanes) is 52. The third-order valence-corrected chi connectivity index (χ3v) is 21.4. The number of ether oxygens (including phenoxy) is 4. The molecule has 0 radical (unpaired) electrons. The number of carbonyl (C=O) groups excluding carboxylic acids is 4. The summed E-state index contributed by atoms with van der Waals surface area (Å²) in [5.74, 6) is -0.495. The molecule has 0 aromatic heterocycles. The predicted molar refractivity (Wildman–Crippen MR) is 418 cm³/mol. The number of phosphoric ester groups is 2. The Morgan fingerprint density at radius 3 is 0.667 bits per heavy atom. The van der Waals surface area contributed by atoms with Crippen LogP contribution in [-0.2, 0) is 65.4 Å². The Labute approximate surface area is 626 Å². The van der Waals surface area contributed by atoms with Gasteiger partial charge in [0.2, 0.25) is 0 Å². The minimum atomic E-state index is -4.96. The van der Waals surface area contributed by atoms with Crippen LogP contribution in [0.4, 0.5) is 0 Å². The first-order valence-corrected chi connectivity index (χ1v) is 46.0. The van der Waals surface area contributed by atoms with Crippen molar-refractivity contribution in [3.8, 4) is 0 Å². The molecule has 102 heavy (non-hydrogen) atoms. The molecule has 5 atom stereocenters. The molecule has 0 rings (SSSR count). The van der Waals surface area contributed by atoms with Crippen molar-refractivity contribution in [3.63, 3.8) is 0 Å². The fourth-order valence-corrected chi connectivity index (χ4v) is 14.5. The minimum absolute atomic E-state index is 0.108. The molecule has 0 fully saturated rings. The van der Waals surface area contributed by atoms with Crippen molar-refractivity contribution in [2.75, 3.05) is 39.6 Å². The zero-order valence-corrected chi connectivity index (χ0v) is 68.7. The van der Waals surface area contributed by atoms with Gasteiger partial charge in [-0.2, -0.15) is 0 Å². The van der Waals surface area contributed by atoms with Gasteiger partial charge in [0.15, 0.2) is 12.2 Å². The Hall–Kier alpha value is -1.94. The van der Waals surface area contributed by atoms with E-state index >= 15 is 0 Å². The van der Waals surface area contributed by atoms with Gasteiger partial charge in [-0.25, -0.2) is 9.13 Å². The highest BCUT2D eigenvalue weighted by molar-refractivity contribution is 7.47. The lowest BCUT2D eigenvalue weighted by molar-refractivity contribution is -0.161. The summed E-state index contributed by atoms with van der Waals surface area (Å²) in [4.78, 5) is 73.1. The summed E-state index contributed by atoms with van der Waals surface area (Å²) in [6.07, 6.45) is 65.1. The number of esters is 4. The second-order valence-electron chi connectivity index (χ2n) is 30.8. The van der Waals surface area contributed by atoms with E-state index in [0.717, 1.165) is 102 Å². The average Bonchev–Trinajstić information content (AvgIpc) is 0.921. The highest BCUT2D eigenvalue weighted by Crippen LogP contribution is 2.45. The Balaban J connectivity index is 5.25. The first kappa shape index (κ1) is 100. The molecule has 0 heterocycles. The Morgan fingerprint density at radius 1 is 0.265 bits per heavy atom. The van der Waals surface area contributed by atoms with Gasteiger partial charge in [-0.3, -0.25) is 37.3 Å². The van der Waals surface area contributed by atoms with E-state index in [1.165, 1.54) is 257 Å². The van der Waals surface area contributed by atoms with Gasteiger partial charge >= 0.3 is 39.5 Å². The fourth-order valence-electron chi connectivity index (χ4n) is 12.9. The molecule has 3 N–H and O–H groups in total. The van der Waals surface area contributed by atoms with Crippen molar-refractivity contribution in [1.29, 1.82) is 0 Å². The molecule has 0 aromatic rings. The van der Waals surface area contributed by atoms with Gasteiger partial charge in [0.25, 0.3) is 0 Å². The molecule has 0 aliphatic heterocycles. The first-order chi connectivity index (χ1) is 49.4. The van der Waals surface area contributed by atoms with E-state index in [2.05, 4.69) is 41.5 Å². The standard InChI is InChI=1S/C83H162O17P2/c1-7-9-11-13-15-17-19-20-23-31-37-43-49-55-61-67-82(87)99-78(71-93-80(85)65-59-53-47-41-33-18-16-14-12-10-8-2)73-97-101(89,90)95-69-77(84)70-96-102(91,92)98-74-79(72-94-81(86)66-60-54-48-42-36-30-27-26-29-35-40-46-52-58-64-76(5)6)100-83(88)68-62-56-50-44-38-32-25-22-21-24-28-34-39-45-51-57-63-75(3)4/h75-79,84H,7-74H2,1-6H3,(H,89,90)(H,91,92)/t77-,78+,79+/m0/s1. The smallest absolute Gasteiger partial charge is 0.462 e. The van der Waals surface area contributed by atoms with Crippen LogP contribution in [0.3, 0.4) is 0 Å². The van der Waals surface area contributed by atoms with Crippen molar-refractivity contribution >= 4 is 39.5 Å². The van der Waals surface area contributed by atoms with Crippen LogP contribution in [0.25, 0.3) is 0 Å². The van der Waals surface area contributed by atoms with Crippen molar-refractivity contribution < 1.29 is 80.2 Å². The molecule has 2 unspecified atom stereocenters. The lowest BCUT2D eigenvalue weighted by atomic mass is 10.0. The van der Waals surface area contributed by atoms with Crippen LogP contribution < -0.4 is 0 Å². The van der Waals surface area contributed by atoms with Crippen LogP contribution in [0.15, 0.2) is 0 Å².